The number of methoxy groups -OCH3 is 1. The van der Waals surface area contributed by atoms with Crippen molar-refractivity contribution in [3.05, 3.63) is 0 Å². The Bertz CT molecular complexity index is 151. The zero-order chi connectivity index (χ0) is 10.8. The lowest BCUT2D eigenvalue weighted by Gasteiger charge is -2.11. The van der Waals surface area contributed by atoms with E-state index in [1.54, 1.807) is 7.11 Å². The maximum atomic E-state index is 11.1. The molecule has 0 spiro atoms. The van der Waals surface area contributed by atoms with Gasteiger partial charge >= 0.3 is 0 Å². The maximum Gasteiger partial charge on any atom is 0.233 e. The molecule has 0 aromatic heterocycles. The minimum atomic E-state index is 0.0662. The van der Waals surface area contributed by atoms with Crippen LogP contribution in [0.15, 0.2) is 0 Å². The van der Waals surface area contributed by atoms with Gasteiger partial charge in [0.25, 0.3) is 0 Å². The minimum absolute atomic E-state index is 0.0662. The third-order valence-electron chi connectivity index (χ3n) is 1.80. The van der Waals surface area contributed by atoms with Gasteiger partial charge < -0.3 is 15.4 Å². The van der Waals surface area contributed by atoms with E-state index in [1.165, 1.54) is 0 Å². The van der Waals surface area contributed by atoms with Crippen molar-refractivity contribution < 1.29 is 9.53 Å². The summed E-state index contributed by atoms with van der Waals surface area (Å²) < 4.78 is 4.99. The largest absolute Gasteiger partial charge is 0.384 e. The van der Waals surface area contributed by atoms with Crippen LogP contribution in [0.1, 0.15) is 20.3 Å². The fraction of sp³-hybridized carbons (Fsp3) is 0.900. The van der Waals surface area contributed by atoms with Crippen molar-refractivity contribution in [1.29, 1.82) is 0 Å². The molecule has 1 unspecified atom stereocenters. The van der Waals surface area contributed by atoms with Gasteiger partial charge in [-0.25, -0.2) is 0 Å². The van der Waals surface area contributed by atoms with E-state index in [0.29, 0.717) is 12.5 Å². The summed E-state index contributed by atoms with van der Waals surface area (Å²) in [5, 5.41) is 5.89. The molecule has 0 aromatic rings. The van der Waals surface area contributed by atoms with Crippen LogP contribution in [0.3, 0.4) is 0 Å². The first-order valence-corrected chi connectivity index (χ1v) is 5.17. The summed E-state index contributed by atoms with van der Waals surface area (Å²) in [6, 6.07) is 0. The second-order valence-corrected chi connectivity index (χ2v) is 3.54. The molecule has 1 amide bonds. The molecule has 0 radical (unpaired) electrons. The zero-order valence-electron chi connectivity index (χ0n) is 9.43. The molecule has 0 saturated heterocycles. The van der Waals surface area contributed by atoms with Crippen LogP contribution < -0.4 is 10.6 Å². The molecular weight excluding hydrogens is 180 g/mol. The van der Waals surface area contributed by atoms with Crippen LogP contribution in [0.2, 0.25) is 0 Å². The standard InChI is InChI=1S/C10H22N2O2/c1-4-5-12-10(13)7-11-6-9(2)8-14-3/h9,11H,4-8H2,1-3H3,(H,12,13). The third-order valence-corrected chi connectivity index (χ3v) is 1.80. The first-order valence-electron chi connectivity index (χ1n) is 5.17. The van der Waals surface area contributed by atoms with Crippen LogP contribution in [0.4, 0.5) is 0 Å². The van der Waals surface area contributed by atoms with Crippen LogP contribution in [0, 0.1) is 5.92 Å². The highest BCUT2D eigenvalue weighted by Gasteiger charge is 2.02. The average molecular weight is 202 g/mol. The van der Waals surface area contributed by atoms with Crippen molar-refractivity contribution in [3.8, 4) is 0 Å². The van der Waals surface area contributed by atoms with E-state index < -0.39 is 0 Å². The Labute approximate surface area is 86.4 Å². The second-order valence-electron chi connectivity index (χ2n) is 3.54. The molecule has 0 aromatic carbocycles. The average Bonchev–Trinajstić information content (AvgIpc) is 2.15. The Hall–Kier alpha value is -0.610. The fourth-order valence-corrected chi connectivity index (χ4v) is 1.10. The van der Waals surface area contributed by atoms with Gasteiger partial charge in [0.2, 0.25) is 5.91 Å². The highest BCUT2D eigenvalue weighted by Crippen LogP contribution is 1.91. The fourth-order valence-electron chi connectivity index (χ4n) is 1.10. The van der Waals surface area contributed by atoms with Gasteiger partial charge in [-0.05, 0) is 12.3 Å². The molecule has 84 valence electrons. The number of nitrogens with one attached hydrogen (secondary N) is 2. The van der Waals surface area contributed by atoms with Crippen molar-refractivity contribution in [2.45, 2.75) is 20.3 Å². The monoisotopic (exact) mass is 202 g/mol. The maximum absolute atomic E-state index is 11.1. The molecule has 0 rings (SSSR count). The Balaban J connectivity index is 3.30. The summed E-state index contributed by atoms with van der Waals surface area (Å²) in [7, 11) is 1.68. The molecular formula is C10H22N2O2. The first-order chi connectivity index (χ1) is 6.70. The molecule has 0 bridgehead atoms. The van der Waals surface area contributed by atoms with Gasteiger partial charge in [0.1, 0.15) is 0 Å². The van der Waals surface area contributed by atoms with E-state index in [4.69, 9.17) is 4.74 Å². The van der Waals surface area contributed by atoms with Gasteiger partial charge in [0.05, 0.1) is 6.54 Å². The van der Waals surface area contributed by atoms with Gasteiger partial charge in [-0.3, -0.25) is 4.79 Å². The lowest BCUT2D eigenvalue weighted by atomic mass is 10.2. The second kappa shape index (κ2) is 8.97. The normalized spacial score (nSPS) is 12.5. The van der Waals surface area contributed by atoms with E-state index in [-0.39, 0.29) is 5.91 Å². The van der Waals surface area contributed by atoms with Crippen LogP contribution >= 0.6 is 0 Å². The molecule has 2 N–H and O–H groups in total. The van der Waals surface area contributed by atoms with Crippen LogP contribution in [-0.4, -0.2) is 39.3 Å². The van der Waals surface area contributed by atoms with Crippen LogP contribution in [-0.2, 0) is 9.53 Å². The van der Waals surface area contributed by atoms with E-state index in [2.05, 4.69) is 17.6 Å². The molecule has 0 aliphatic carbocycles. The topological polar surface area (TPSA) is 50.4 Å². The number of rotatable bonds is 8. The van der Waals surface area contributed by atoms with Gasteiger partial charge in [-0.1, -0.05) is 13.8 Å². The van der Waals surface area contributed by atoms with Crippen molar-refractivity contribution in [2.75, 3.05) is 33.4 Å². The molecule has 0 aliphatic heterocycles. The smallest absolute Gasteiger partial charge is 0.233 e. The quantitative estimate of drug-likeness (QED) is 0.598. The predicted octanol–water partition coefficient (Wildman–Crippen LogP) is 0.385. The predicted molar refractivity (Wildman–Crippen MR) is 57.2 cm³/mol. The Morgan fingerprint density at radius 1 is 1.50 bits per heavy atom. The minimum Gasteiger partial charge on any atom is -0.384 e. The van der Waals surface area contributed by atoms with E-state index in [0.717, 1.165) is 26.1 Å². The number of carbonyl (C=O) groups is 1. The van der Waals surface area contributed by atoms with E-state index in [1.807, 2.05) is 6.92 Å². The highest BCUT2D eigenvalue weighted by atomic mass is 16.5. The number of carbonyl (C=O) groups excluding carboxylic acids is 1. The molecule has 0 heterocycles. The summed E-state index contributed by atoms with van der Waals surface area (Å²) in [4.78, 5) is 11.1. The van der Waals surface area contributed by atoms with Crippen molar-refractivity contribution >= 4 is 5.91 Å². The van der Waals surface area contributed by atoms with Gasteiger partial charge in [-0.15, -0.1) is 0 Å². The highest BCUT2D eigenvalue weighted by molar-refractivity contribution is 5.77. The zero-order valence-corrected chi connectivity index (χ0v) is 9.43. The molecule has 4 heteroatoms. The molecule has 1 atom stereocenters. The molecule has 4 nitrogen and oxygen atoms in total. The van der Waals surface area contributed by atoms with Crippen molar-refractivity contribution in [1.82, 2.24) is 10.6 Å². The van der Waals surface area contributed by atoms with Crippen LogP contribution in [0.5, 0.6) is 0 Å². The van der Waals surface area contributed by atoms with Gasteiger partial charge in [0, 0.05) is 26.8 Å². The summed E-state index contributed by atoms with van der Waals surface area (Å²) >= 11 is 0. The van der Waals surface area contributed by atoms with Crippen molar-refractivity contribution in [2.24, 2.45) is 5.92 Å². The number of hydrogen-bond acceptors (Lipinski definition) is 3. The third kappa shape index (κ3) is 8.01. The summed E-state index contributed by atoms with van der Waals surface area (Å²) in [6.45, 7) is 6.81. The molecule has 0 fully saturated rings. The van der Waals surface area contributed by atoms with Gasteiger partial charge in [-0.2, -0.15) is 0 Å². The van der Waals surface area contributed by atoms with Gasteiger partial charge in [0.15, 0.2) is 0 Å². The summed E-state index contributed by atoms with van der Waals surface area (Å²) in [6.07, 6.45) is 0.978. The SMILES string of the molecule is CCCNC(=O)CNCC(C)COC. The Kier molecular flexibility index (Phi) is 8.57. The lowest BCUT2D eigenvalue weighted by molar-refractivity contribution is -0.120. The Morgan fingerprint density at radius 3 is 2.79 bits per heavy atom. The number of amides is 1. The van der Waals surface area contributed by atoms with Crippen LogP contribution in [0.25, 0.3) is 0 Å². The van der Waals surface area contributed by atoms with E-state index >= 15 is 0 Å². The first kappa shape index (κ1) is 13.4. The Morgan fingerprint density at radius 2 is 2.21 bits per heavy atom. The summed E-state index contributed by atoms with van der Waals surface area (Å²) in [5.41, 5.74) is 0. The lowest BCUT2D eigenvalue weighted by Crippen LogP contribution is -2.36. The molecule has 14 heavy (non-hydrogen) atoms. The number of hydrogen-bond donors (Lipinski definition) is 2. The number of ether oxygens (including phenoxy) is 1. The van der Waals surface area contributed by atoms with Crippen molar-refractivity contribution in [3.63, 3.8) is 0 Å². The van der Waals surface area contributed by atoms with E-state index in [9.17, 15) is 4.79 Å². The molecule has 0 saturated carbocycles. The molecule has 0 aliphatic rings. The summed E-state index contributed by atoms with van der Waals surface area (Å²) in [5.74, 6) is 0.510.